The van der Waals surface area contributed by atoms with Gasteiger partial charge in [0.25, 0.3) is 5.56 Å². The lowest BCUT2D eigenvalue weighted by Gasteiger charge is -2.12. The maximum Gasteiger partial charge on any atom is 0.262 e. The van der Waals surface area contributed by atoms with Crippen molar-refractivity contribution in [1.82, 2.24) is 9.55 Å². The minimum absolute atomic E-state index is 0.231. The zero-order valence-electron chi connectivity index (χ0n) is 17.5. The van der Waals surface area contributed by atoms with Crippen molar-refractivity contribution >= 4 is 11.8 Å². The second kappa shape index (κ2) is 14.2. The molecule has 0 unspecified atom stereocenters. The highest BCUT2D eigenvalue weighted by atomic mass is 32.2. The van der Waals surface area contributed by atoms with Gasteiger partial charge >= 0.3 is 0 Å². The quantitative estimate of drug-likeness (QED) is 0.342. The Morgan fingerprint density at radius 1 is 1.00 bits per heavy atom. The molecule has 1 heterocycles. The summed E-state index contributed by atoms with van der Waals surface area (Å²) in [4.78, 5) is 16.8. The average Bonchev–Trinajstić information content (AvgIpc) is 2.80. The molecule has 6 nitrogen and oxygen atoms in total. The van der Waals surface area contributed by atoms with Gasteiger partial charge in [-0.15, -0.1) is 0 Å². The van der Waals surface area contributed by atoms with Crippen LogP contribution in [0.15, 0.2) is 70.6 Å². The number of nitrogens with zero attached hydrogens (tertiary/aromatic N) is 2. The number of para-hydroxylation sites is 1. The summed E-state index contributed by atoms with van der Waals surface area (Å²) in [5.41, 5.74) is 0.252. The molecule has 162 valence electrons. The monoisotopic (exact) mass is 434 g/mol. The molecule has 8 heteroatoms. The molecule has 3 aromatic rings. The Balaban J connectivity index is 0.00000106. The highest BCUT2D eigenvalue weighted by molar-refractivity contribution is 7.98. The van der Waals surface area contributed by atoms with Crippen molar-refractivity contribution in [2.75, 3.05) is 26.6 Å². The second-order valence-corrected chi connectivity index (χ2v) is 6.01. The first-order valence-electron chi connectivity index (χ1n) is 9.37. The van der Waals surface area contributed by atoms with Gasteiger partial charge in [-0.25, -0.2) is 4.39 Å². The fourth-order valence-electron chi connectivity index (χ4n) is 2.30. The number of rotatable bonds is 7. The Hall–Kier alpha value is -2.84. The molecule has 0 saturated carbocycles. The van der Waals surface area contributed by atoms with Crippen molar-refractivity contribution < 1.29 is 19.0 Å². The van der Waals surface area contributed by atoms with Crippen molar-refractivity contribution in [3.8, 4) is 17.3 Å². The van der Waals surface area contributed by atoms with E-state index in [0.717, 1.165) is 12.9 Å². The molecule has 0 aliphatic heterocycles. The molecule has 0 aliphatic carbocycles. The summed E-state index contributed by atoms with van der Waals surface area (Å²) < 4.78 is 25.6. The predicted molar refractivity (Wildman–Crippen MR) is 118 cm³/mol. The standard InChI is InChI=1S/C19H17FN2O3S.C2H6.CH4O/c1-26-19-21-17(25-12-11-24-16-5-3-2-4-6-16)13-18(23)22(19)15-9-7-14(20)8-10-15;2*1-2/h2-10,13H,11-12H2,1H3;1-2H3;2H,1H3. The van der Waals surface area contributed by atoms with Crippen LogP contribution in [0.3, 0.4) is 0 Å². The molecule has 0 aliphatic rings. The Morgan fingerprint density at radius 2 is 1.60 bits per heavy atom. The van der Waals surface area contributed by atoms with Crippen LogP contribution in [0.1, 0.15) is 13.8 Å². The topological polar surface area (TPSA) is 73.6 Å². The normalized spacial score (nSPS) is 9.53. The number of thioether (sulfide) groups is 1. The molecule has 1 aromatic heterocycles. The Bertz CT molecular complexity index is 919. The minimum atomic E-state index is -0.362. The van der Waals surface area contributed by atoms with Crippen LogP contribution >= 0.6 is 11.8 Å². The molecule has 0 amide bonds. The first-order valence-corrected chi connectivity index (χ1v) is 10.6. The molecule has 0 bridgehead atoms. The third-order valence-corrected chi connectivity index (χ3v) is 4.12. The number of benzene rings is 2. The summed E-state index contributed by atoms with van der Waals surface area (Å²) in [5, 5.41) is 7.46. The molecule has 0 spiro atoms. The first-order chi connectivity index (χ1) is 14.7. The lowest BCUT2D eigenvalue weighted by atomic mass is 10.3. The van der Waals surface area contributed by atoms with E-state index in [-0.39, 0.29) is 23.9 Å². The smallest absolute Gasteiger partial charge is 0.262 e. The van der Waals surface area contributed by atoms with Crippen LogP contribution in [0.2, 0.25) is 0 Å². The molecular formula is C22H27FN2O4S. The largest absolute Gasteiger partial charge is 0.490 e. The van der Waals surface area contributed by atoms with Crippen LogP contribution in [-0.4, -0.2) is 41.2 Å². The van der Waals surface area contributed by atoms with E-state index in [1.54, 1.807) is 0 Å². The minimum Gasteiger partial charge on any atom is -0.490 e. The first kappa shape index (κ1) is 25.2. The van der Waals surface area contributed by atoms with Crippen LogP contribution in [-0.2, 0) is 0 Å². The SMILES string of the molecule is CC.CO.CSc1nc(OCCOc2ccccc2)cc(=O)n1-c1ccc(F)cc1. The van der Waals surface area contributed by atoms with Gasteiger partial charge in [0.2, 0.25) is 5.88 Å². The maximum absolute atomic E-state index is 13.1. The third kappa shape index (κ3) is 7.53. The van der Waals surface area contributed by atoms with Crippen molar-refractivity contribution in [2.24, 2.45) is 0 Å². The summed E-state index contributed by atoms with van der Waals surface area (Å²) in [6, 6.07) is 16.4. The fourth-order valence-corrected chi connectivity index (χ4v) is 2.86. The molecule has 0 radical (unpaired) electrons. The van der Waals surface area contributed by atoms with Gasteiger partial charge in [-0.3, -0.25) is 9.36 Å². The van der Waals surface area contributed by atoms with Gasteiger partial charge in [0.05, 0.1) is 11.8 Å². The molecule has 1 N–H and O–H groups in total. The summed E-state index contributed by atoms with van der Waals surface area (Å²) in [7, 11) is 1.00. The van der Waals surface area contributed by atoms with Crippen molar-refractivity contribution in [2.45, 2.75) is 19.0 Å². The zero-order valence-corrected chi connectivity index (χ0v) is 18.4. The highest BCUT2D eigenvalue weighted by Crippen LogP contribution is 2.18. The number of aromatic nitrogens is 2. The van der Waals surface area contributed by atoms with Gasteiger partial charge in [0, 0.05) is 7.11 Å². The number of ether oxygens (including phenoxy) is 2. The van der Waals surface area contributed by atoms with Crippen LogP contribution < -0.4 is 15.0 Å². The number of halogens is 1. The summed E-state index contributed by atoms with van der Waals surface area (Å²) in [6.07, 6.45) is 1.81. The summed E-state index contributed by atoms with van der Waals surface area (Å²) >= 11 is 1.31. The van der Waals surface area contributed by atoms with Crippen LogP contribution in [0.25, 0.3) is 5.69 Å². The van der Waals surface area contributed by atoms with E-state index in [2.05, 4.69) is 4.98 Å². The van der Waals surface area contributed by atoms with E-state index in [9.17, 15) is 9.18 Å². The van der Waals surface area contributed by atoms with Crippen LogP contribution in [0.5, 0.6) is 11.6 Å². The van der Waals surface area contributed by atoms with Gasteiger partial charge in [-0.05, 0) is 42.7 Å². The number of aliphatic hydroxyl groups excluding tert-OH is 1. The lowest BCUT2D eigenvalue weighted by molar-refractivity contribution is 0.210. The number of hydrogen-bond acceptors (Lipinski definition) is 6. The van der Waals surface area contributed by atoms with Gasteiger partial charge in [-0.2, -0.15) is 4.98 Å². The van der Waals surface area contributed by atoms with E-state index in [1.807, 2.05) is 50.4 Å². The van der Waals surface area contributed by atoms with Gasteiger partial charge in [0.1, 0.15) is 24.8 Å². The zero-order chi connectivity index (χ0) is 22.4. The maximum atomic E-state index is 13.1. The van der Waals surface area contributed by atoms with E-state index in [4.69, 9.17) is 14.6 Å². The Kier molecular flexibility index (Phi) is 11.9. The van der Waals surface area contributed by atoms with Crippen molar-refractivity contribution in [3.05, 3.63) is 76.8 Å². The van der Waals surface area contributed by atoms with E-state index < -0.39 is 0 Å². The molecule has 0 atom stereocenters. The molecule has 0 saturated heterocycles. The molecular weight excluding hydrogens is 407 g/mol. The molecule has 0 fully saturated rings. The predicted octanol–water partition coefficient (Wildman–Crippen LogP) is 4.19. The lowest BCUT2D eigenvalue weighted by Crippen LogP contribution is -2.21. The number of aliphatic hydroxyl groups is 1. The second-order valence-electron chi connectivity index (χ2n) is 5.24. The van der Waals surface area contributed by atoms with Crippen molar-refractivity contribution in [3.63, 3.8) is 0 Å². The summed E-state index contributed by atoms with van der Waals surface area (Å²) in [5.74, 6) is 0.619. The highest BCUT2D eigenvalue weighted by Gasteiger charge is 2.11. The van der Waals surface area contributed by atoms with Gasteiger partial charge in [0.15, 0.2) is 5.16 Å². The van der Waals surface area contributed by atoms with Crippen molar-refractivity contribution in [1.29, 1.82) is 0 Å². The average molecular weight is 435 g/mol. The number of hydrogen-bond donors (Lipinski definition) is 1. The third-order valence-electron chi connectivity index (χ3n) is 3.48. The van der Waals surface area contributed by atoms with E-state index >= 15 is 0 Å². The molecule has 2 aromatic carbocycles. The summed E-state index contributed by atoms with van der Waals surface area (Å²) in [6.45, 7) is 4.59. The van der Waals surface area contributed by atoms with Gasteiger partial charge in [-0.1, -0.05) is 43.8 Å². The van der Waals surface area contributed by atoms with Gasteiger partial charge < -0.3 is 14.6 Å². The van der Waals surface area contributed by atoms with E-state index in [1.165, 1.54) is 46.7 Å². The molecule has 30 heavy (non-hydrogen) atoms. The van der Waals surface area contributed by atoms with Crippen LogP contribution in [0.4, 0.5) is 4.39 Å². The Morgan fingerprint density at radius 3 is 2.20 bits per heavy atom. The molecule has 3 rings (SSSR count). The van der Waals surface area contributed by atoms with E-state index in [0.29, 0.717) is 17.5 Å². The van der Waals surface area contributed by atoms with Crippen LogP contribution in [0, 0.1) is 5.82 Å². The Labute approximate surface area is 180 Å². The fraction of sp³-hybridized carbons (Fsp3) is 0.273.